The van der Waals surface area contributed by atoms with E-state index in [4.69, 9.17) is 27.8 Å². The molecule has 2 aliphatic rings. The molecule has 2 saturated heterocycles. The van der Waals surface area contributed by atoms with Gasteiger partial charge in [-0.2, -0.15) is 0 Å². The number of rotatable bonds is 6. The Morgan fingerprint density at radius 1 is 1.33 bits per heavy atom. The molecule has 2 fully saturated rings. The third-order valence-electron chi connectivity index (χ3n) is 4.78. The normalized spacial score (nSPS) is 27.2. The molecule has 1 amide bonds. The fourth-order valence-electron chi connectivity index (χ4n) is 3.35. The standard InChI is InChI=1S/C17H28ClN7O2/c18-10-6-23-16(24-7-10)14(15(19)20)17(26)25-12-9-22-5-3-13(12)27-11-2-1-4-21-8-11/h3,5,9-11,14-16,21,23-24H,1-2,4,6-8,19-20H2,(H,25,26)/t10?,11-,14?,16?/m1/s1. The monoisotopic (exact) mass is 397 g/mol. The number of carbonyl (C=O) groups excluding carboxylic acids is 1. The molecule has 0 bridgehead atoms. The van der Waals surface area contributed by atoms with Crippen molar-refractivity contribution in [1.82, 2.24) is 20.9 Å². The maximum atomic E-state index is 12.9. The fourth-order valence-corrected chi connectivity index (χ4v) is 3.53. The van der Waals surface area contributed by atoms with E-state index < -0.39 is 12.1 Å². The van der Waals surface area contributed by atoms with E-state index in [1.165, 1.54) is 0 Å². The molecule has 0 radical (unpaired) electrons. The van der Waals surface area contributed by atoms with E-state index in [-0.39, 0.29) is 23.6 Å². The number of hydrogen-bond donors (Lipinski definition) is 6. The van der Waals surface area contributed by atoms with Crippen LogP contribution in [-0.2, 0) is 4.79 Å². The first-order chi connectivity index (χ1) is 13.0. The molecule has 2 aliphatic heterocycles. The van der Waals surface area contributed by atoms with Crippen molar-refractivity contribution in [3.63, 3.8) is 0 Å². The number of amides is 1. The summed E-state index contributed by atoms with van der Waals surface area (Å²) in [6.45, 7) is 2.93. The molecule has 3 heterocycles. The highest BCUT2D eigenvalue weighted by Gasteiger charge is 2.34. The Hall–Kier alpha value is -1.49. The predicted molar refractivity (Wildman–Crippen MR) is 104 cm³/mol. The highest BCUT2D eigenvalue weighted by molar-refractivity contribution is 6.21. The van der Waals surface area contributed by atoms with Gasteiger partial charge in [0.25, 0.3) is 0 Å². The smallest absolute Gasteiger partial charge is 0.233 e. The maximum absolute atomic E-state index is 12.9. The number of pyridine rings is 1. The molecule has 1 aromatic rings. The summed E-state index contributed by atoms with van der Waals surface area (Å²) in [5, 5.41) is 12.5. The van der Waals surface area contributed by atoms with E-state index in [1.807, 2.05) is 0 Å². The number of carbonyl (C=O) groups is 1. The first-order valence-electron chi connectivity index (χ1n) is 9.29. The van der Waals surface area contributed by atoms with Crippen LogP contribution in [0.1, 0.15) is 12.8 Å². The van der Waals surface area contributed by atoms with E-state index >= 15 is 0 Å². The number of ether oxygens (including phenoxy) is 1. The van der Waals surface area contributed by atoms with Crippen molar-refractivity contribution < 1.29 is 9.53 Å². The highest BCUT2D eigenvalue weighted by atomic mass is 35.5. The Bertz CT molecular complexity index is 619. The van der Waals surface area contributed by atoms with Crippen molar-refractivity contribution in [3.05, 3.63) is 18.5 Å². The van der Waals surface area contributed by atoms with Crippen LogP contribution in [0.25, 0.3) is 0 Å². The average Bonchev–Trinajstić information content (AvgIpc) is 2.66. The number of anilines is 1. The zero-order valence-electron chi connectivity index (χ0n) is 15.2. The lowest BCUT2D eigenvalue weighted by molar-refractivity contribution is -0.121. The number of piperidine rings is 1. The first kappa shape index (κ1) is 20.2. The van der Waals surface area contributed by atoms with Gasteiger partial charge < -0.3 is 26.8 Å². The van der Waals surface area contributed by atoms with Crippen molar-refractivity contribution in [3.8, 4) is 5.75 Å². The second-order valence-electron chi connectivity index (χ2n) is 6.94. The van der Waals surface area contributed by atoms with E-state index in [9.17, 15) is 4.79 Å². The number of nitrogens with two attached hydrogens (primary N) is 2. The summed E-state index contributed by atoms with van der Waals surface area (Å²) in [4.78, 5) is 17.0. The summed E-state index contributed by atoms with van der Waals surface area (Å²) in [6, 6.07) is 1.75. The van der Waals surface area contributed by atoms with Crippen molar-refractivity contribution in [1.29, 1.82) is 0 Å². The molecule has 8 N–H and O–H groups in total. The van der Waals surface area contributed by atoms with Crippen LogP contribution < -0.4 is 37.5 Å². The molecule has 3 rings (SSSR count). The third-order valence-corrected chi connectivity index (χ3v) is 5.09. The van der Waals surface area contributed by atoms with Gasteiger partial charge in [0.2, 0.25) is 5.91 Å². The highest BCUT2D eigenvalue weighted by Crippen LogP contribution is 2.26. The molecule has 2 atom stereocenters. The molecule has 9 nitrogen and oxygen atoms in total. The Morgan fingerprint density at radius 3 is 2.78 bits per heavy atom. The Kier molecular flexibility index (Phi) is 7.22. The van der Waals surface area contributed by atoms with Crippen LogP contribution in [0.3, 0.4) is 0 Å². The molecule has 10 heteroatoms. The summed E-state index contributed by atoms with van der Waals surface area (Å²) in [6.07, 6.45) is 4.09. The lowest BCUT2D eigenvalue weighted by Crippen LogP contribution is -2.64. The van der Waals surface area contributed by atoms with Crippen LogP contribution in [0.2, 0.25) is 0 Å². The van der Waals surface area contributed by atoms with Crippen molar-refractivity contribution in [2.24, 2.45) is 17.4 Å². The van der Waals surface area contributed by atoms with E-state index in [0.29, 0.717) is 24.5 Å². The predicted octanol–water partition coefficient (Wildman–Crippen LogP) is -0.863. The van der Waals surface area contributed by atoms with Gasteiger partial charge in [-0.15, -0.1) is 11.6 Å². The molecular weight excluding hydrogens is 370 g/mol. The second kappa shape index (κ2) is 9.63. The lowest BCUT2D eigenvalue weighted by Gasteiger charge is -2.35. The van der Waals surface area contributed by atoms with Gasteiger partial charge in [-0.1, -0.05) is 0 Å². The van der Waals surface area contributed by atoms with E-state index in [1.54, 1.807) is 18.5 Å². The van der Waals surface area contributed by atoms with E-state index in [2.05, 4.69) is 26.3 Å². The van der Waals surface area contributed by atoms with E-state index in [0.717, 1.165) is 25.9 Å². The molecule has 1 aromatic heterocycles. The molecule has 0 saturated carbocycles. The van der Waals surface area contributed by atoms with Crippen LogP contribution >= 0.6 is 11.6 Å². The molecule has 1 unspecified atom stereocenters. The second-order valence-corrected chi connectivity index (χ2v) is 7.56. The van der Waals surface area contributed by atoms with Gasteiger partial charge in [-0.25, -0.2) is 0 Å². The largest absolute Gasteiger partial charge is 0.487 e. The zero-order valence-corrected chi connectivity index (χ0v) is 15.9. The number of nitrogens with zero attached hydrogens (tertiary/aromatic N) is 1. The summed E-state index contributed by atoms with van der Waals surface area (Å²) < 4.78 is 6.06. The molecule has 150 valence electrons. The number of alkyl halides is 1. The van der Waals surface area contributed by atoms with Gasteiger partial charge in [-0.05, 0) is 19.4 Å². The quantitative estimate of drug-likeness (QED) is 0.269. The summed E-state index contributed by atoms with van der Waals surface area (Å²) in [5.74, 6) is -0.400. The Labute approximate surface area is 163 Å². The van der Waals surface area contributed by atoms with Gasteiger partial charge in [0, 0.05) is 31.9 Å². The van der Waals surface area contributed by atoms with Gasteiger partial charge in [0.05, 0.1) is 29.8 Å². The molecule has 0 spiro atoms. The van der Waals surface area contributed by atoms with Gasteiger partial charge >= 0.3 is 0 Å². The van der Waals surface area contributed by atoms with Gasteiger partial charge in [-0.3, -0.25) is 20.4 Å². The van der Waals surface area contributed by atoms with Crippen LogP contribution in [-0.4, -0.2) is 60.9 Å². The van der Waals surface area contributed by atoms with Crippen LogP contribution in [0.15, 0.2) is 18.5 Å². The first-order valence-corrected chi connectivity index (χ1v) is 9.72. The number of aromatic nitrogens is 1. The topological polar surface area (TPSA) is 139 Å². The summed E-state index contributed by atoms with van der Waals surface area (Å²) in [5.41, 5.74) is 12.3. The summed E-state index contributed by atoms with van der Waals surface area (Å²) >= 11 is 6.07. The van der Waals surface area contributed by atoms with Gasteiger partial charge in [0.15, 0.2) is 0 Å². The Morgan fingerprint density at radius 2 is 2.11 bits per heavy atom. The van der Waals surface area contributed by atoms with Crippen LogP contribution in [0.5, 0.6) is 5.75 Å². The molecule has 0 aliphatic carbocycles. The fraction of sp³-hybridized carbons (Fsp3) is 0.647. The number of halogens is 1. The zero-order chi connectivity index (χ0) is 19.2. The van der Waals surface area contributed by atoms with Crippen molar-refractivity contribution in [2.75, 3.05) is 31.5 Å². The molecule has 0 aromatic carbocycles. The minimum absolute atomic E-state index is 0.0404. The maximum Gasteiger partial charge on any atom is 0.233 e. The van der Waals surface area contributed by atoms with Crippen LogP contribution in [0.4, 0.5) is 5.69 Å². The minimum Gasteiger partial charge on any atom is -0.487 e. The Balaban J connectivity index is 1.68. The number of nitrogens with one attached hydrogen (secondary N) is 4. The minimum atomic E-state index is -0.842. The molecular formula is C17H28ClN7O2. The van der Waals surface area contributed by atoms with Gasteiger partial charge in [0.1, 0.15) is 17.5 Å². The van der Waals surface area contributed by atoms with Crippen LogP contribution in [0, 0.1) is 5.92 Å². The SMILES string of the molecule is NC(N)C(C(=O)Nc1cnccc1O[C@@H]1CCCNC1)C1NCC(Cl)CN1. The molecule has 27 heavy (non-hydrogen) atoms. The van der Waals surface area contributed by atoms with Crippen molar-refractivity contribution >= 4 is 23.2 Å². The number of hydrogen-bond acceptors (Lipinski definition) is 8. The van der Waals surface area contributed by atoms with Crippen molar-refractivity contribution in [2.45, 2.75) is 36.7 Å². The third kappa shape index (κ3) is 5.50. The lowest BCUT2D eigenvalue weighted by atomic mass is 10.00. The summed E-state index contributed by atoms with van der Waals surface area (Å²) in [7, 11) is 0. The average molecular weight is 398 g/mol.